The van der Waals surface area contributed by atoms with E-state index in [4.69, 9.17) is 18.8 Å². The molecule has 12 rings (SSSR count). The van der Waals surface area contributed by atoms with Crippen molar-refractivity contribution in [2.45, 2.75) is 6.17 Å². The van der Waals surface area contributed by atoms with Gasteiger partial charge in [-0.25, -0.2) is 9.98 Å². The molecule has 57 heavy (non-hydrogen) atoms. The zero-order chi connectivity index (χ0) is 37.5. The second-order valence-corrected chi connectivity index (χ2v) is 14.6. The minimum Gasteiger partial charge on any atom is -0.456 e. The van der Waals surface area contributed by atoms with Crippen LogP contribution < -0.4 is 5.32 Å². The standard InChI is InChI=1S/C51H32N4O2/c1-3-12-31(13-4-1)49-52-50(32-14-5-2-6-15-32)54-51(53-49)35-23-26-39-41-28-33(24-27-45(41)56-46(39)30-35)34-22-25-38-40-18-11-21-44(48(40)57-47(38)29-34)55-42-19-9-7-16-36(42)37-17-8-10-20-43(37)55/h1-30,51H,(H,52,53,54). The Morgan fingerprint density at radius 2 is 1.07 bits per heavy atom. The largest absolute Gasteiger partial charge is 0.456 e. The van der Waals surface area contributed by atoms with Gasteiger partial charge in [-0.3, -0.25) is 0 Å². The summed E-state index contributed by atoms with van der Waals surface area (Å²) in [6.07, 6.45) is -0.341. The zero-order valence-electron chi connectivity index (χ0n) is 30.6. The third-order valence-electron chi connectivity index (χ3n) is 11.3. The Balaban J connectivity index is 0.925. The number of amidine groups is 2. The summed E-state index contributed by atoms with van der Waals surface area (Å²) in [4.78, 5) is 9.99. The van der Waals surface area contributed by atoms with Crippen LogP contribution in [0.2, 0.25) is 0 Å². The number of hydrogen-bond donors (Lipinski definition) is 1. The quantitative estimate of drug-likeness (QED) is 0.192. The average Bonchev–Trinajstić information content (AvgIpc) is 3.95. The molecule has 6 heteroatoms. The molecular weight excluding hydrogens is 701 g/mol. The third-order valence-corrected chi connectivity index (χ3v) is 11.3. The summed E-state index contributed by atoms with van der Waals surface area (Å²) in [7, 11) is 0. The van der Waals surface area contributed by atoms with Gasteiger partial charge < -0.3 is 18.7 Å². The fraction of sp³-hybridized carbons (Fsp3) is 0.0196. The molecule has 11 aromatic rings. The fourth-order valence-corrected chi connectivity index (χ4v) is 8.54. The van der Waals surface area contributed by atoms with Crippen molar-refractivity contribution in [3.05, 3.63) is 199 Å². The maximum atomic E-state index is 6.79. The second-order valence-electron chi connectivity index (χ2n) is 14.6. The molecule has 3 aromatic heterocycles. The van der Waals surface area contributed by atoms with Gasteiger partial charge in [-0.15, -0.1) is 0 Å². The number of aliphatic imine (C=N–C) groups is 2. The van der Waals surface area contributed by atoms with Crippen molar-refractivity contribution in [3.63, 3.8) is 0 Å². The molecule has 1 unspecified atom stereocenters. The Kier molecular flexibility index (Phi) is 6.89. The van der Waals surface area contributed by atoms with Gasteiger partial charge in [-0.2, -0.15) is 0 Å². The van der Waals surface area contributed by atoms with Gasteiger partial charge in [0.25, 0.3) is 0 Å². The van der Waals surface area contributed by atoms with Gasteiger partial charge in [0.1, 0.15) is 28.8 Å². The molecule has 0 radical (unpaired) electrons. The number of furan rings is 2. The molecule has 0 saturated heterocycles. The van der Waals surface area contributed by atoms with E-state index in [1.165, 1.54) is 10.8 Å². The van der Waals surface area contributed by atoms with Gasteiger partial charge in [0.15, 0.2) is 11.4 Å². The van der Waals surface area contributed by atoms with Gasteiger partial charge in [-0.05, 0) is 59.7 Å². The smallest absolute Gasteiger partial charge is 0.159 e. The lowest BCUT2D eigenvalue weighted by molar-refractivity contribution is 0.655. The Morgan fingerprint density at radius 1 is 0.439 bits per heavy atom. The predicted molar refractivity (Wildman–Crippen MR) is 233 cm³/mol. The van der Waals surface area contributed by atoms with Crippen LogP contribution in [-0.2, 0) is 0 Å². The van der Waals surface area contributed by atoms with E-state index in [0.717, 1.165) is 94.3 Å². The highest BCUT2D eigenvalue weighted by Crippen LogP contribution is 2.40. The van der Waals surface area contributed by atoms with Crippen molar-refractivity contribution in [3.8, 4) is 16.8 Å². The van der Waals surface area contributed by atoms with Crippen LogP contribution in [0.25, 0.3) is 82.5 Å². The number of benzene rings is 8. The monoisotopic (exact) mass is 732 g/mol. The molecule has 0 aliphatic carbocycles. The first kappa shape index (κ1) is 31.6. The first-order valence-electron chi connectivity index (χ1n) is 19.2. The van der Waals surface area contributed by atoms with E-state index in [1.54, 1.807) is 0 Å². The number of rotatable bonds is 5. The molecule has 0 bridgehead atoms. The molecule has 4 heterocycles. The van der Waals surface area contributed by atoms with Crippen LogP contribution in [-0.4, -0.2) is 16.2 Å². The lowest BCUT2D eigenvalue weighted by Crippen LogP contribution is -2.33. The third kappa shape index (κ3) is 5.04. The van der Waals surface area contributed by atoms with Crippen molar-refractivity contribution in [2.75, 3.05) is 0 Å². The van der Waals surface area contributed by atoms with Gasteiger partial charge in [-0.1, -0.05) is 133 Å². The van der Waals surface area contributed by atoms with Crippen LogP contribution in [0.15, 0.2) is 201 Å². The van der Waals surface area contributed by atoms with Crippen molar-refractivity contribution in [2.24, 2.45) is 9.98 Å². The number of hydrogen-bond acceptors (Lipinski definition) is 5. The van der Waals surface area contributed by atoms with E-state index in [-0.39, 0.29) is 6.17 Å². The summed E-state index contributed by atoms with van der Waals surface area (Å²) >= 11 is 0. The molecule has 0 saturated carbocycles. The predicted octanol–water partition coefficient (Wildman–Crippen LogP) is 12.7. The van der Waals surface area contributed by atoms with Crippen LogP contribution >= 0.6 is 0 Å². The summed E-state index contributed by atoms with van der Waals surface area (Å²) < 4.78 is 15.6. The molecule has 268 valence electrons. The molecule has 0 spiro atoms. The molecular formula is C51H32N4O2. The van der Waals surface area contributed by atoms with Crippen molar-refractivity contribution >= 4 is 77.4 Å². The van der Waals surface area contributed by atoms with E-state index in [0.29, 0.717) is 5.84 Å². The lowest BCUT2D eigenvalue weighted by atomic mass is 10.0. The summed E-state index contributed by atoms with van der Waals surface area (Å²) in [5, 5.41) is 10.3. The topological polar surface area (TPSA) is 68.0 Å². The van der Waals surface area contributed by atoms with Gasteiger partial charge in [0.2, 0.25) is 0 Å². The molecule has 0 fully saturated rings. The van der Waals surface area contributed by atoms with Crippen LogP contribution in [0.1, 0.15) is 22.9 Å². The van der Waals surface area contributed by atoms with E-state index in [9.17, 15) is 0 Å². The average molecular weight is 733 g/mol. The fourth-order valence-electron chi connectivity index (χ4n) is 8.54. The number of fused-ring (bicyclic) bond motifs is 9. The highest BCUT2D eigenvalue weighted by atomic mass is 16.3. The number of aromatic nitrogens is 1. The minimum atomic E-state index is -0.341. The zero-order valence-corrected chi connectivity index (χ0v) is 30.6. The minimum absolute atomic E-state index is 0.341. The van der Waals surface area contributed by atoms with E-state index < -0.39 is 0 Å². The van der Waals surface area contributed by atoms with Crippen molar-refractivity contribution in [1.82, 2.24) is 9.88 Å². The Labute approximate surface area is 326 Å². The molecule has 1 N–H and O–H groups in total. The molecule has 1 aliphatic rings. The summed E-state index contributed by atoms with van der Waals surface area (Å²) in [6.45, 7) is 0. The van der Waals surface area contributed by atoms with Crippen LogP contribution in [0, 0.1) is 0 Å². The highest BCUT2D eigenvalue weighted by molar-refractivity contribution is 6.14. The lowest BCUT2D eigenvalue weighted by Gasteiger charge is -2.23. The number of nitrogens with one attached hydrogen (secondary N) is 1. The van der Waals surface area contributed by atoms with Crippen molar-refractivity contribution in [1.29, 1.82) is 0 Å². The number of nitrogens with zero attached hydrogens (tertiary/aromatic N) is 3. The Bertz CT molecular complexity index is 3390. The molecule has 6 nitrogen and oxygen atoms in total. The molecule has 1 atom stereocenters. The van der Waals surface area contributed by atoms with Crippen LogP contribution in [0.5, 0.6) is 0 Å². The molecule has 0 amide bonds. The maximum absolute atomic E-state index is 6.79. The summed E-state index contributed by atoms with van der Waals surface area (Å²) in [6, 6.07) is 63.2. The van der Waals surface area contributed by atoms with Gasteiger partial charge in [0, 0.05) is 49.0 Å². The van der Waals surface area contributed by atoms with E-state index >= 15 is 0 Å². The maximum Gasteiger partial charge on any atom is 0.159 e. The van der Waals surface area contributed by atoms with E-state index in [2.05, 4.69) is 143 Å². The van der Waals surface area contributed by atoms with E-state index in [1.807, 2.05) is 48.5 Å². The summed E-state index contributed by atoms with van der Waals surface area (Å²) in [5.74, 6) is 1.48. The Hall–Kier alpha value is -7.70. The first-order valence-corrected chi connectivity index (χ1v) is 19.2. The second kappa shape index (κ2) is 12.4. The van der Waals surface area contributed by atoms with Crippen LogP contribution in [0.3, 0.4) is 0 Å². The molecule has 8 aromatic carbocycles. The SMILES string of the molecule is c1ccc(C2=NC(c3ccc4c(c3)oc3ccc(-c5ccc6c(c5)oc5c(-n7c8ccccc8c8ccccc87)cccc56)cc34)NC(c3ccccc3)=N2)cc1. The Morgan fingerprint density at radius 3 is 1.86 bits per heavy atom. The normalized spacial score (nSPS) is 14.5. The summed E-state index contributed by atoms with van der Waals surface area (Å²) in [5.41, 5.74) is 11.9. The van der Waals surface area contributed by atoms with Gasteiger partial charge in [0.05, 0.1) is 16.7 Å². The number of para-hydroxylation sites is 3. The first-order chi connectivity index (χ1) is 28.2. The highest BCUT2D eigenvalue weighted by Gasteiger charge is 2.23. The van der Waals surface area contributed by atoms with Crippen molar-refractivity contribution < 1.29 is 8.83 Å². The van der Waals surface area contributed by atoms with Crippen LogP contribution in [0.4, 0.5) is 0 Å². The molecule has 1 aliphatic heterocycles. The van der Waals surface area contributed by atoms with Gasteiger partial charge >= 0.3 is 0 Å².